The van der Waals surface area contributed by atoms with Gasteiger partial charge in [-0.15, -0.1) is 0 Å². The second kappa shape index (κ2) is 9.23. The Labute approximate surface area is 153 Å². The molecular weight excluding hydrogens is 330 g/mol. The van der Waals surface area contributed by atoms with E-state index in [2.05, 4.69) is 5.32 Å². The number of hydrogen-bond donors (Lipinski definition) is 1. The summed E-state index contributed by atoms with van der Waals surface area (Å²) in [6.07, 6.45) is 0.158. The quantitative estimate of drug-likeness (QED) is 0.831. The van der Waals surface area contributed by atoms with Gasteiger partial charge in [-0.3, -0.25) is 9.59 Å². The number of hydrogen-bond acceptors (Lipinski definition) is 4. The molecule has 1 N–H and O–H groups in total. The van der Waals surface area contributed by atoms with E-state index in [-0.39, 0.29) is 24.8 Å². The van der Waals surface area contributed by atoms with Gasteiger partial charge in [-0.1, -0.05) is 24.3 Å². The van der Waals surface area contributed by atoms with Crippen molar-refractivity contribution in [3.8, 4) is 11.8 Å². The summed E-state index contributed by atoms with van der Waals surface area (Å²) >= 11 is 0. The molecule has 2 aromatic rings. The Morgan fingerprint density at radius 1 is 1.19 bits per heavy atom. The molecule has 26 heavy (non-hydrogen) atoms. The third-order valence-electron chi connectivity index (χ3n) is 3.90. The minimum absolute atomic E-state index is 0.158. The number of carbonyl (C=O) groups excluding carboxylic acids is 2. The van der Waals surface area contributed by atoms with Crippen molar-refractivity contribution in [1.82, 2.24) is 5.32 Å². The van der Waals surface area contributed by atoms with Gasteiger partial charge in [0.1, 0.15) is 5.75 Å². The fraction of sp³-hybridized carbons (Fsp3) is 0.250. The van der Waals surface area contributed by atoms with E-state index in [0.29, 0.717) is 23.5 Å². The predicted octanol–water partition coefficient (Wildman–Crippen LogP) is 2.63. The van der Waals surface area contributed by atoms with Crippen molar-refractivity contribution >= 4 is 17.5 Å². The van der Waals surface area contributed by atoms with Crippen molar-refractivity contribution in [3.63, 3.8) is 0 Å². The highest BCUT2D eigenvalue weighted by Gasteiger charge is 2.14. The first-order valence-corrected chi connectivity index (χ1v) is 8.22. The third kappa shape index (κ3) is 5.08. The number of benzene rings is 2. The molecule has 0 atom stereocenters. The molecule has 134 valence electrons. The maximum Gasteiger partial charge on any atom is 0.223 e. The molecule has 0 aliphatic heterocycles. The van der Waals surface area contributed by atoms with Gasteiger partial charge in [-0.05, 0) is 24.3 Å². The minimum atomic E-state index is -0.183. The summed E-state index contributed by atoms with van der Waals surface area (Å²) in [6.45, 7) is 2.03. The number of para-hydroxylation sites is 1. The lowest BCUT2D eigenvalue weighted by molar-refractivity contribution is -0.121. The highest BCUT2D eigenvalue weighted by atomic mass is 16.5. The zero-order chi connectivity index (χ0) is 18.9. The number of ether oxygens (including phenoxy) is 1. The van der Waals surface area contributed by atoms with Crippen LogP contribution in [0.3, 0.4) is 0 Å². The summed E-state index contributed by atoms with van der Waals surface area (Å²) in [5.74, 6) is 0.364. The van der Waals surface area contributed by atoms with E-state index in [1.165, 1.54) is 11.8 Å². The molecule has 0 saturated heterocycles. The number of amides is 2. The van der Waals surface area contributed by atoms with E-state index in [9.17, 15) is 9.59 Å². The third-order valence-corrected chi connectivity index (χ3v) is 3.90. The van der Waals surface area contributed by atoms with E-state index in [4.69, 9.17) is 10.00 Å². The monoisotopic (exact) mass is 351 g/mol. The topological polar surface area (TPSA) is 82.4 Å². The zero-order valence-electron chi connectivity index (χ0n) is 14.9. The second-order valence-corrected chi connectivity index (χ2v) is 5.67. The standard InChI is InChI=1S/C20H21N3O3/c1-15(24)23(18-8-5-6-16(12-18)13-21)11-10-20(25)22-14-17-7-3-4-9-19(17)26-2/h3-9,12H,10-11,14H2,1-2H3,(H,22,25). The van der Waals surface area contributed by atoms with Gasteiger partial charge in [-0.2, -0.15) is 5.26 Å². The van der Waals surface area contributed by atoms with Gasteiger partial charge < -0.3 is 15.0 Å². The molecule has 0 aromatic heterocycles. The Kier molecular flexibility index (Phi) is 6.75. The molecule has 0 saturated carbocycles. The Balaban J connectivity index is 1.95. The molecule has 0 spiro atoms. The average Bonchev–Trinajstić information content (AvgIpc) is 2.66. The summed E-state index contributed by atoms with van der Waals surface area (Å²) in [5.41, 5.74) is 1.96. The second-order valence-electron chi connectivity index (χ2n) is 5.67. The number of rotatable bonds is 7. The van der Waals surface area contributed by atoms with Crippen molar-refractivity contribution in [2.75, 3.05) is 18.6 Å². The van der Waals surface area contributed by atoms with Gasteiger partial charge in [0.2, 0.25) is 11.8 Å². The molecule has 2 aromatic carbocycles. The van der Waals surface area contributed by atoms with Crippen molar-refractivity contribution in [1.29, 1.82) is 5.26 Å². The van der Waals surface area contributed by atoms with Crippen LogP contribution in [0.1, 0.15) is 24.5 Å². The Morgan fingerprint density at radius 2 is 1.96 bits per heavy atom. The van der Waals surface area contributed by atoms with Crippen molar-refractivity contribution < 1.29 is 14.3 Å². The van der Waals surface area contributed by atoms with Crippen molar-refractivity contribution in [3.05, 3.63) is 59.7 Å². The molecule has 6 nitrogen and oxygen atoms in total. The molecule has 0 aliphatic carbocycles. The van der Waals surface area contributed by atoms with Crippen LogP contribution < -0.4 is 15.0 Å². The van der Waals surface area contributed by atoms with Crippen LogP contribution in [0.5, 0.6) is 5.75 Å². The number of nitrogens with zero attached hydrogens (tertiary/aromatic N) is 2. The largest absolute Gasteiger partial charge is 0.496 e. The average molecular weight is 351 g/mol. The SMILES string of the molecule is COc1ccccc1CNC(=O)CCN(C(C)=O)c1cccc(C#N)c1. The molecule has 2 amide bonds. The first kappa shape index (κ1) is 19.0. The normalized spacial score (nSPS) is 9.88. The van der Waals surface area contributed by atoms with Crippen LogP contribution >= 0.6 is 0 Å². The van der Waals surface area contributed by atoms with Gasteiger partial charge in [0.05, 0.1) is 18.7 Å². The summed E-state index contributed by atoms with van der Waals surface area (Å²) in [5, 5.41) is 11.8. The lowest BCUT2D eigenvalue weighted by Gasteiger charge is -2.21. The molecular formula is C20H21N3O3. The highest BCUT2D eigenvalue weighted by Crippen LogP contribution is 2.18. The summed E-state index contributed by atoms with van der Waals surface area (Å²) in [4.78, 5) is 25.6. The smallest absolute Gasteiger partial charge is 0.223 e. The first-order chi connectivity index (χ1) is 12.5. The molecule has 0 fully saturated rings. The van der Waals surface area contributed by atoms with Crippen LogP contribution in [0.25, 0.3) is 0 Å². The molecule has 6 heteroatoms. The molecule has 0 radical (unpaired) electrons. The van der Waals surface area contributed by atoms with Crippen LogP contribution in [0, 0.1) is 11.3 Å². The highest BCUT2D eigenvalue weighted by molar-refractivity contribution is 5.92. The predicted molar refractivity (Wildman–Crippen MR) is 98.6 cm³/mol. The molecule has 0 bridgehead atoms. The minimum Gasteiger partial charge on any atom is -0.496 e. The van der Waals surface area contributed by atoms with E-state index in [0.717, 1.165) is 5.56 Å². The Bertz CT molecular complexity index is 827. The fourth-order valence-corrected chi connectivity index (χ4v) is 2.56. The summed E-state index contributed by atoms with van der Waals surface area (Å²) < 4.78 is 5.26. The molecule has 2 rings (SSSR count). The van der Waals surface area contributed by atoms with Gasteiger partial charge >= 0.3 is 0 Å². The van der Waals surface area contributed by atoms with Gasteiger partial charge in [0.15, 0.2) is 0 Å². The van der Waals surface area contributed by atoms with Crippen LogP contribution in [-0.2, 0) is 16.1 Å². The number of carbonyl (C=O) groups is 2. The van der Waals surface area contributed by atoms with Crippen LogP contribution in [0.15, 0.2) is 48.5 Å². The van der Waals surface area contributed by atoms with E-state index in [1.807, 2.05) is 30.3 Å². The van der Waals surface area contributed by atoms with E-state index < -0.39 is 0 Å². The maximum atomic E-state index is 12.2. The lowest BCUT2D eigenvalue weighted by Crippen LogP contribution is -2.33. The Morgan fingerprint density at radius 3 is 2.65 bits per heavy atom. The number of nitriles is 1. The number of anilines is 1. The Hall–Kier alpha value is -3.33. The van der Waals surface area contributed by atoms with Crippen LogP contribution in [0.4, 0.5) is 5.69 Å². The van der Waals surface area contributed by atoms with E-state index in [1.54, 1.807) is 31.4 Å². The maximum absolute atomic E-state index is 12.2. The molecule has 0 unspecified atom stereocenters. The first-order valence-electron chi connectivity index (χ1n) is 8.22. The number of nitrogens with one attached hydrogen (secondary N) is 1. The molecule has 0 heterocycles. The summed E-state index contributed by atoms with van der Waals surface area (Å²) in [6, 6.07) is 16.3. The fourth-order valence-electron chi connectivity index (χ4n) is 2.56. The van der Waals surface area contributed by atoms with Crippen LogP contribution in [-0.4, -0.2) is 25.5 Å². The number of methoxy groups -OCH3 is 1. The van der Waals surface area contributed by atoms with Gasteiger partial charge in [-0.25, -0.2) is 0 Å². The molecule has 0 aliphatic rings. The van der Waals surface area contributed by atoms with Crippen molar-refractivity contribution in [2.45, 2.75) is 19.9 Å². The van der Waals surface area contributed by atoms with Crippen LogP contribution in [0.2, 0.25) is 0 Å². The summed E-state index contributed by atoms with van der Waals surface area (Å²) in [7, 11) is 1.58. The van der Waals surface area contributed by atoms with Gasteiger partial charge in [0.25, 0.3) is 0 Å². The lowest BCUT2D eigenvalue weighted by atomic mass is 10.2. The zero-order valence-corrected chi connectivity index (χ0v) is 14.9. The van der Waals surface area contributed by atoms with E-state index >= 15 is 0 Å². The van der Waals surface area contributed by atoms with Gasteiger partial charge in [0, 0.05) is 37.7 Å². The van der Waals surface area contributed by atoms with Crippen molar-refractivity contribution in [2.24, 2.45) is 0 Å².